The number of rotatable bonds is 4. The molecule has 0 saturated carbocycles. The van der Waals surface area contributed by atoms with E-state index < -0.39 is 5.97 Å². The van der Waals surface area contributed by atoms with Gasteiger partial charge in [-0.2, -0.15) is 0 Å². The molecule has 0 amide bonds. The molecule has 0 aliphatic rings. The Hall–Kier alpha value is -2.00. The van der Waals surface area contributed by atoms with Gasteiger partial charge in [0.05, 0.1) is 11.3 Å². The molecule has 0 aromatic heterocycles. The molecule has 0 heterocycles. The molecule has 4 heteroatoms. The van der Waals surface area contributed by atoms with E-state index in [-0.39, 0.29) is 5.56 Å². The van der Waals surface area contributed by atoms with E-state index in [2.05, 4.69) is 6.07 Å². The molecule has 0 saturated heterocycles. The number of carboxylic acids is 1. The molecule has 1 N–H and O–H groups in total. The van der Waals surface area contributed by atoms with Gasteiger partial charge in [-0.3, -0.25) is 0 Å². The summed E-state index contributed by atoms with van der Waals surface area (Å²) in [6, 6.07) is 12.9. The molecule has 0 bridgehead atoms. The first-order chi connectivity index (χ1) is 9.47. The van der Waals surface area contributed by atoms with E-state index in [9.17, 15) is 9.90 Å². The monoisotopic (exact) mass is 289 g/mol. The molecular weight excluding hydrogens is 274 g/mol. The number of aromatic carboxylic acids is 1. The molecule has 2 rings (SSSR count). The minimum absolute atomic E-state index is 0.254. The summed E-state index contributed by atoms with van der Waals surface area (Å²) >= 11 is 5.97. The third-order valence-electron chi connectivity index (χ3n) is 3.10. The van der Waals surface area contributed by atoms with Crippen molar-refractivity contribution in [1.29, 1.82) is 0 Å². The van der Waals surface area contributed by atoms with E-state index in [4.69, 9.17) is 11.6 Å². The fourth-order valence-electron chi connectivity index (χ4n) is 2.17. The predicted octanol–water partition coefficient (Wildman–Crippen LogP) is 3.98. The number of benzene rings is 2. The Morgan fingerprint density at radius 1 is 1.25 bits per heavy atom. The number of aryl methyl sites for hydroxylation is 1. The van der Waals surface area contributed by atoms with Gasteiger partial charge in [0.25, 0.3) is 0 Å². The topological polar surface area (TPSA) is 40.5 Å². The van der Waals surface area contributed by atoms with Crippen molar-refractivity contribution in [1.82, 2.24) is 0 Å². The Balaban J connectivity index is 2.31. The van der Waals surface area contributed by atoms with Crippen LogP contribution in [0.25, 0.3) is 0 Å². The van der Waals surface area contributed by atoms with E-state index in [1.807, 2.05) is 37.1 Å². The van der Waals surface area contributed by atoms with Gasteiger partial charge in [0.15, 0.2) is 0 Å². The van der Waals surface area contributed by atoms with Crippen molar-refractivity contribution in [2.75, 3.05) is 11.9 Å². The highest BCUT2D eigenvalue weighted by atomic mass is 35.5. The Kier molecular flexibility index (Phi) is 4.30. The maximum atomic E-state index is 11.3. The summed E-state index contributed by atoms with van der Waals surface area (Å²) in [4.78, 5) is 13.2. The fraction of sp³-hybridized carbons (Fsp3) is 0.188. The van der Waals surface area contributed by atoms with Crippen molar-refractivity contribution in [2.24, 2.45) is 0 Å². The summed E-state index contributed by atoms with van der Waals surface area (Å²) in [5, 5.41) is 9.77. The van der Waals surface area contributed by atoms with Gasteiger partial charge in [-0.05, 0) is 30.7 Å². The second-order valence-corrected chi connectivity index (χ2v) is 5.25. The minimum Gasteiger partial charge on any atom is -0.478 e. The zero-order valence-corrected chi connectivity index (χ0v) is 12.2. The van der Waals surface area contributed by atoms with Gasteiger partial charge in [0.2, 0.25) is 0 Å². The second-order valence-electron chi connectivity index (χ2n) is 4.81. The molecule has 104 valence electrons. The van der Waals surface area contributed by atoms with E-state index in [1.54, 1.807) is 12.1 Å². The first-order valence-electron chi connectivity index (χ1n) is 6.27. The molecule has 2 aromatic carbocycles. The maximum absolute atomic E-state index is 11.3. The Bertz CT molecular complexity index is 640. The minimum atomic E-state index is -0.951. The number of carboxylic acid groups (broad SMARTS) is 1. The van der Waals surface area contributed by atoms with Crippen LogP contribution in [0.1, 0.15) is 21.5 Å². The van der Waals surface area contributed by atoms with Crippen LogP contribution in [0, 0.1) is 6.92 Å². The van der Waals surface area contributed by atoms with Crippen molar-refractivity contribution in [3.8, 4) is 0 Å². The van der Waals surface area contributed by atoms with E-state index in [0.29, 0.717) is 17.3 Å². The number of anilines is 1. The van der Waals surface area contributed by atoms with E-state index in [0.717, 1.165) is 5.56 Å². The van der Waals surface area contributed by atoms with Crippen LogP contribution in [0.3, 0.4) is 0 Å². The lowest BCUT2D eigenvalue weighted by molar-refractivity contribution is 0.0697. The van der Waals surface area contributed by atoms with E-state index in [1.165, 1.54) is 11.6 Å². The normalized spacial score (nSPS) is 10.3. The number of hydrogen-bond acceptors (Lipinski definition) is 2. The average Bonchev–Trinajstić information content (AvgIpc) is 2.38. The molecule has 20 heavy (non-hydrogen) atoms. The molecule has 0 fully saturated rings. The van der Waals surface area contributed by atoms with Gasteiger partial charge >= 0.3 is 5.97 Å². The van der Waals surface area contributed by atoms with Crippen LogP contribution in [-0.4, -0.2) is 18.1 Å². The Morgan fingerprint density at radius 2 is 2.00 bits per heavy atom. The lowest BCUT2D eigenvalue weighted by Gasteiger charge is -2.21. The van der Waals surface area contributed by atoms with Crippen molar-refractivity contribution >= 4 is 23.3 Å². The van der Waals surface area contributed by atoms with Crippen LogP contribution in [0.2, 0.25) is 5.02 Å². The van der Waals surface area contributed by atoms with Crippen LogP contribution >= 0.6 is 11.6 Å². The lowest BCUT2D eigenvalue weighted by atomic mass is 10.1. The SMILES string of the molecule is Cc1cccc(CN(C)c2cc(Cl)ccc2C(=O)O)c1. The van der Waals surface area contributed by atoms with Crippen molar-refractivity contribution in [3.05, 3.63) is 64.2 Å². The number of hydrogen-bond donors (Lipinski definition) is 1. The number of carbonyl (C=O) groups is 1. The standard InChI is InChI=1S/C16H16ClNO2/c1-11-4-3-5-12(8-11)10-18(2)15-9-13(17)6-7-14(15)16(19)20/h3-9H,10H2,1-2H3,(H,19,20). The van der Waals surface area contributed by atoms with Gasteiger partial charge in [0, 0.05) is 18.6 Å². The van der Waals surface area contributed by atoms with Crippen LogP contribution in [0.15, 0.2) is 42.5 Å². The highest BCUT2D eigenvalue weighted by molar-refractivity contribution is 6.31. The van der Waals surface area contributed by atoms with Crippen LogP contribution < -0.4 is 4.90 Å². The van der Waals surface area contributed by atoms with E-state index >= 15 is 0 Å². The third kappa shape index (κ3) is 3.31. The third-order valence-corrected chi connectivity index (χ3v) is 3.34. The summed E-state index contributed by atoms with van der Waals surface area (Å²) in [6.07, 6.45) is 0. The van der Waals surface area contributed by atoms with Crippen LogP contribution in [-0.2, 0) is 6.54 Å². The Morgan fingerprint density at radius 3 is 2.65 bits per heavy atom. The molecule has 0 unspecified atom stereocenters. The van der Waals surface area contributed by atoms with Gasteiger partial charge in [-0.15, -0.1) is 0 Å². The molecule has 0 radical (unpaired) electrons. The lowest BCUT2D eigenvalue weighted by Crippen LogP contribution is -2.19. The van der Waals surface area contributed by atoms with Gasteiger partial charge in [0.1, 0.15) is 0 Å². The summed E-state index contributed by atoms with van der Waals surface area (Å²) in [7, 11) is 1.86. The molecule has 3 nitrogen and oxygen atoms in total. The first kappa shape index (κ1) is 14.4. The van der Waals surface area contributed by atoms with Crippen molar-refractivity contribution in [3.63, 3.8) is 0 Å². The molecular formula is C16H16ClNO2. The highest BCUT2D eigenvalue weighted by Gasteiger charge is 2.14. The van der Waals surface area contributed by atoms with Gasteiger partial charge < -0.3 is 10.0 Å². The number of halogens is 1. The summed E-state index contributed by atoms with van der Waals surface area (Å²) in [5.41, 5.74) is 3.18. The molecule has 0 aliphatic heterocycles. The summed E-state index contributed by atoms with van der Waals surface area (Å²) < 4.78 is 0. The maximum Gasteiger partial charge on any atom is 0.337 e. The predicted molar refractivity (Wildman–Crippen MR) is 81.7 cm³/mol. The largest absolute Gasteiger partial charge is 0.478 e. The fourth-order valence-corrected chi connectivity index (χ4v) is 2.34. The van der Waals surface area contributed by atoms with Crippen molar-refractivity contribution < 1.29 is 9.90 Å². The summed E-state index contributed by atoms with van der Waals surface area (Å²) in [5.74, 6) is -0.951. The van der Waals surface area contributed by atoms with Crippen molar-refractivity contribution in [2.45, 2.75) is 13.5 Å². The first-order valence-corrected chi connectivity index (χ1v) is 6.64. The van der Waals surface area contributed by atoms with Gasteiger partial charge in [-0.1, -0.05) is 41.4 Å². The molecule has 0 spiro atoms. The highest BCUT2D eigenvalue weighted by Crippen LogP contribution is 2.25. The zero-order chi connectivity index (χ0) is 14.7. The molecule has 0 aliphatic carbocycles. The van der Waals surface area contributed by atoms with Crippen LogP contribution in [0.5, 0.6) is 0 Å². The van der Waals surface area contributed by atoms with Crippen LogP contribution in [0.4, 0.5) is 5.69 Å². The number of nitrogens with zero attached hydrogens (tertiary/aromatic N) is 1. The second kappa shape index (κ2) is 5.97. The summed E-state index contributed by atoms with van der Waals surface area (Å²) in [6.45, 7) is 2.66. The molecule has 0 atom stereocenters. The molecule has 2 aromatic rings. The van der Waals surface area contributed by atoms with Gasteiger partial charge in [-0.25, -0.2) is 4.79 Å². The zero-order valence-electron chi connectivity index (χ0n) is 11.4. The Labute approximate surface area is 123 Å². The smallest absolute Gasteiger partial charge is 0.337 e. The quantitative estimate of drug-likeness (QED) is 0.925. The average molecular weight is 290 g/mol.